The molecule has 0 aromatic heterocycles. The van der Waals surface area contributed by atoms with Crippen molar-refractivity contribution in [1.82, 2.24) is 10.2 Å². The van der Waals surface area contributed by atoms with Crippen LogP contribution in [0.15, 0.2) is 11.8 Å². The predicted molar refractivity (Wildman–Crippen MR) is 59.3 cm³/mol. The third kappa shape index (κ3) is 4.63. The van der Waals surface area contributed by atoms with Crippen LogP contribution >= 0.6 is 0 Å². The molecule has 0 amide bonds. The van der Waals surface area contributed by atoms with Gasteiger partial charge in [-0.2, -0.15) is 0 Å². The Morgan fingerprint density at radius 3 is 2.79 bits per heavy atom. The molecular weight excluding hydrogens is 176 g/mol. The van der Waals surface area contributed by atoms with Crippen LogP contribution in [0.5, 0.6) is 0 Å². The molecule has 1 aliphatic rings. The van der Waals surface area contributed by atoms with Crippen molar-refractivity contribution in [2.45, 2.75) is 20.3 Å². The molecule has 1 fully saturated rings. The maximum Gasteiger partial charge on any atom is 0.0594 e. The van der Waals surface area contributed by atoms with E-state index in [1.54, 1.807) is 0 Å². The number of nitrogens with one attached hydrogen (secondary N) is 1. The summed E-state index contributed by atoms with van der Waals surface area (Å²) < 4.78 is 5.30. The lowest BCUT2D eigenvalue weighted by molar-refractivity contribution is 0.0375. The minimum atomic E-state index is 0.904. The Hall–Kier alpha value is -0.540. The van der Waals surface area contributed by atoms with E-state index >= 15 is 0 Å². The molecule has 0 saturated carbocycles. The third-order valence-corrected chi connectivity index (χ3v) is 2.59. The number of morpholine rings is 1. The first-order chi connectivity index (χ1) is 6.83. The average molecular weight is 198 g/mol. The molecule has 1 rings (SSSR count). The summed E-state index contributed by atoms with van der Waals surface area (Å²) in [5.74, 6) is 0. The van der Waals surface area contributed by atoms with Crippen LogP contribution in [0, 0.1) is 0 Å². The van der Waals surface area contributed by atoms with Gasteiger partial charge in [0.2, 0.25) is 0 Å². The summed E-state index contributed by atoms with van der Waals surface area (Å²) in [5.41, 5.74) is 1.27. The summed E-state index contributed by atoms with van der Waals surface area (Å²) in [4.78, 5) is 2.47. The molecule has 0 aromatic rings. The molecule has 0 unspecified atom stereocenters. The Bertz CT molecular complexity index is 174. The molecule has 1 heterocycles. The molecule has 3 nitrogen and oxygen atoms in total. The standard InChI is InChI=1S/C11H22N2O/c1-3-11(2)12-5-4-6-13-7-9-14-10-8-13/h3,12H,4-10H2,1-2H3/b11-3+. The highest BCUT2D eigenvalue weighted by Gasteiger charge is 2.08. The fourth-order valence-corrected chi connectivity index (χ4v) is 1.52. The summed E-state index contributed by atoms with van der Waals surface area (Å²) in [6.07, 6.45) is 3.32. The van der Waals surface area contributed by atoms with Crippen molar-refractivity contribution in [2.24, 2.45) is 0 Å². The maximum absolute atomic E-state index is 5.30. The van der Waals surface area contributed by atoms with Crippen molar-refractivity contribution < 1.29 is 4.74 Å². The molecule has 3 heteroatoms. The summed E-state index contributed by atoms with van der Waals surface area (Å²) in [5, 5.41) is 3.38. The van der Waals surface area contributed by atoms with Crippen LogP contribution in [0.1, 0.15) is 20.3 Å². The van der Waals surface area contributed by atoms with Crippen molar-refractivity contribution in [3.63, 3.8) is 0 Å². The first kappa shape index (κ1) is 11.5. The lowest BCUT2D eigenvalue weighted by Gasteiger charge is -2.26. The number of hydrogen-bond acceptors (Lipinski definition) is 3. The Morgan fingerprint density at radius 1 is 1.43 bits per heavy atom. The maximum atomic E-state index is 5.30. The molecule has 1 N–H and O–H groups in total. The Balaban J connectivity index is 1.97. The van der Waals surface area contributed by atoms with Gasteiger partial charge < -0.3 is 10.1 Å². The van der Waals surface area contributed by atoms with E-state index in [2.05, 4.69) is 30.1 Å². The zero-order valence-corrected chi connectivity index (χ0v) is 9.38. The molecule has 0 radical (unpaired) electrons. The SMILES string of the molecule is C/C=C(\C)NCCCN1CCOCC1. The minimum absolute atomic E-state index is 0.904. The Morgan fingerprint density at radius 2 is 2.14 bits per heavy atom. The number of ether oxygens (including phenoxy) is 1. The number of hydrogen-bond donors (Lipinski definition) is 1. The first-order valence-corrected chi connectivity index (χ1v) is 5.50. The number of nitrogens with zero attached hydrogens (tertiary/aromatic N) is 1. The van der Waals surface area contributed by atoms with E-state index in [1.807, 2.05) is 0 Å². The second-order valence-corrected chi connectivity index (χ2v) is 3.71. The Labute approximate surface area is 87.1 Å². The summed E-state index contributed by atoms with van der Waals surface area (Å²) in [7, 11) is 0. The zero-order valence-electron chi connectivity index (χ0n) is 9.38. The van der Waals surface area contributed by atoms with Gasteiger partial charge in [0.05, 0.1) is 13.2 Å². The lowest BCUT2D eigenvalue weighted by atomic mass is 10.3. The molecule has 1 saturated heterocycles. The van der Waals surface area contributed by atoms with Crippen molar-refractivity contribution >= 4 is 0 Å². The Kier molecular flexibility index (Phi) is 5.64. The van der Waals surface area contributed by atoms with Gasteiger partial charge in [0.15, 0.2) is 0 Å². The molecule has 0 spiro atoms. The van der Waals surface area contributed by atoms with Crippen LogP contribution in [-0.4, -0.2) is 44.3 Å². The summed E-state index contributed by atoms with van der Waals surface area (Å²) in [6.45, 7) is 10.4. The molecule has 1 aliphatic heterocycles. The predicted octanol–water partition coefficient (Wildman–Crippen LogP) is 1.22. The third-order valence-electron chi connectivity index (χ3n) is 2.59. The van der Waals surface area contributed by atoms with Crippen molar-refractivity contribution in [3.05, 3.63) is 11.8 Å². The van der Waals surface area contributed by atoms with E-state index in [9.17, 15) is 0 Å². The largest absolute Gasteiger partial charge is 0.389 e. The highest BCUT2D eigenvalue weighted by molar-refractivity contribution is 4.91. The zero-order chi connectivity index (χ0) is 10.2. The molecule has 0 aliphatic carbocycles. The minimum Gasteiger partial charge on any atom is -0.389 e. The van der Waals surface area contributed by atoms with Gasteiger partial charge in [-0.1, -0.05) is 6.08 Å². The van der Waals surface area contributed by atoms with Gasteiger partial charge in [-0.05, 0) is 26.8 Å². The van der Waals surface area contributed by atoms with Crippen molar-refractivity contribution in [3.8, 4) is 0 Å². The highest BCUT2D eigenvalue weighted by atomic mass is 16.5. The smallest absolute Gasteiger partial charge is 0.0594 e. The lowest BCUT2D eigenvalue weighted by Crippen LogP contribution is -2.37. The van der Waals surface area contributed by atoms with Crippen LogP contribution in [0.25, 0.3) is 0 Å². The molecule has 14 heavy (non-hydrogen) atoms. The van der Waals surface area contributed by atoms with E-state index in [0.717, 1.165) is 32.8 Å². The van der Waals surface area contributed by atoms with E-state index < -0.39 is 0 Å². The van der Waals surface area contributed by atoms with Crippen LogP contribution in [0.3, 0.4) is 0 Å². The molecular formula is C11H22N2O. The fraction of sp³-hybridized carbons (Fsp3) is 0.818. The summed E-state index contributed by atoms with van der Waals surface area (Å²) in [6, 6.07) is 0. The van der Waals surface area contributed by atoms with Gasteiger partial charge in [-0.15, -0.1) is 0 Å². The van der Waals surface area contributed by atoms with Crippen LogP contribution in [0.4, 0.5) is 0 Å². The van der Waals surface area contributed by atoms with Gasteiger partial charge in [0.25, 0.3) is 0 Å². The van der Waals surface area contributed by atoms with E-state index in [4.69, 9.17) is 4.74 Å². The fourth-order valence-electron chi connectivity index (χ4n) is 1.52. The van der Waals surface area contributed by atoms with Gasteiger partial charge in [-0.25, -0.2) is 0 Å². The van der Waals surface area contributed by atoms with Gasteiger partial charge in [0, 0.05) is 25.3 Å². The monoisotopic (exact) mass is 198 g/mol. The van der Waals surface area contributed by atoms with E-state index in [0.29, 0.717) is 0 Å². The van der Waals surface area contributed by atoms with E-state index in [1.165, 1.54) is 18.7 Å². The number of allylic oxidation sites excluding steroid dienone is 2. The number of rotatable bonds is 5. The van der Waals surface area contributed by atoms with E-state index in [-0.39, 0.29) is 0 Å². The molecule has 82 valence electrons. The van der Waals surface area contributed by atoms with Crippen LogP contribution in [-0.2, 0) is 4.74 Å². The molecule has 0 aromatic carbocycles. The van der Waals surface area contributed by atoms with Gasteiger partial charge >= 0.3 is 0 Å². The second-order valence-electron chi connectivity index (χ2n) is 3.71. The second kappa shape index (κ2) is 6.85. The van der Waals surface area contributed by atoms with Gasteiger partial charge in [-0.3, -0.25) is 4.90 Å². The highest BCUT2D eigenvalue weighted by Crippen LogP contribution is 1.97. The normalized spacial score (nSPS) is 19.7. The molecule has 0 bridgehead atoms. The average Bonchev–Trinajstić information content (AvgIpc) is 2.25. The van der Waals surface area contributed by atoms with Crippen molar-refractivity contribution in [1.29, 1.82) is 0 Å². The van der Waals surface area contributed by atoms with Crippen LogP contribution in [0.2, 0.25) is 0 Å². The van der Waals surface area contributed by atoms with Gasteiger partial charge in [0.1, 0.15) is 0 Å². The first-order valence-electron chi connectivity index (χ1n) is 5.50. The quantitative estimate of drug-likeness (QED) is 0.672. The molecule has 0 atom stereocenters. The van der Waals surface area contributed by atoms with Crippen LogP contribution < -0.4 is 5.32 Å². The topological polar surface area (TPSA) is 24.5 Å². The van der Waals surface area contributed by atoms with Crippen molar-refractivity contribution in [2.75, 3.05) is 39.4 Å². The summed E-state index contributed by atoms with van der Waals surface area (Å²) >= 11 is 0.